The highest BCUT2D eigenvalue weighted by Gasteiger charge is 2.31. The minimum atomic E-state index is -0.208. The second kappa shape index (κ2) is 6.85. The first-order valence-corrected chi connectivity index (χ1v) is 9.85. The number of benzene rings is 2. The van der Waals surface area contributed by atoms with Crippen LogP contribution in [0.4, 0.5) is 0 Å². The topological polar surface area (TPSA) is 55.2 Å². The standard InChI is InChI=1S/C21H21N3O2S/c1-13-8-9-17(14(2)12-13)24-19(25)15-6-4-5-7-16(15)22-21(24)27-18-10-11-23(3)20(18)26/h4-9,12,18H,10-11H2,1-3H3. The van der Waals surface area contributed by atoms with Crippen molar-refractivity contribution in [3.63, 3.8) is 0 Å². The number of aryl methyl sites for hydroxylation is 2. The molecule has 0 radical (unpaired) electrons. The van der Waals surface area contributed by atoms with Crippen molar-refractivity contribution in [3.05, 3.63) is 63.9 Å². The van der Waals surface area contributed by atoms with E-state index in [0.29, 0.717) is 16.1 Å². The van der Waals surface area contributed by atoms with E-state index in [9.17, 15) is 9.59 Å². The molecule has 2 heterocycles. The summed E-state index contributed by atoms with van der Waals surface area (Å²) in [6, 6.07) is 13.4. The SMILES string of the molecule is Cc1ccc(-n2c(SC3CCN(C)C3=O)nc3ccccc3c2=O)c(C)c1. The number of rotatable bonds is 3. The maximum Gasteiger partial charge on any atom is 0.266 e. The number of carbonyl (C=O) groups excluding carboxylic acids is 1. The van der Waals surface area contributed by atoms with E-state index in [0.717, 1.165) is 29.8 Å². The third-order valence-corrected chi connectivity index (χ3v) is 6.17. The highest BCUT2D eigenvalue weighted by Crippen LogP contribution is 2.31. The number of hydrogen-bond donors (Lipinski definition) is 0. The third kappa shape index (κ3) is 3.14. The summed E-state index contributed by atoms with van der Waals surface area (Å²) in [5, 5.41) is 0.941. The zero-order valence-corrected chi connectivity index (χ0v) is 16.4. The van der Waals surface area contributed by atoms with Crippen molar-refractivity contribution in [1.82, 2.24) is 14.5 Å². The minimum absolute atomic E-state index is 0.0922. The van der Waals surface area contributed by atoms with E-state index in [1.807, 2.05) is 51.2 Å². The summed E-state index contributed by atoms with van der Waals surface area (Å²) in [7, 11) is 1.81. The maximum atomic E-state index is 13.3. The highest BCUT2D eigenvalue weighted by molar-refractivity contribution is 8.00. The summed E-state index contributed by atoms with van der Waals surface area (Å²) < 4.78 is 1.66. The highest BCUT2D eigenvalue weighted by atomic mass is 32.2. The van der Waals surface area contributed by atoms with E-state index in [1.54, 1.807) is 15.5 Å². The predicted molar refractivity (Wildman–Crippen MR) is 109 cm³/mol. The van der Waals surface area contributed by atoms with Crippen LogP contribution in [0.15, 0.2) is 52.4 Å². The van der Waals surface area contributed by atoms with Gasteiger partial charge in [-0.25, -0.2) is 4.98 Å². The second-order valence-electron chi connectivity index (χ2n) is 7.00. The quantitative estimate of drug-likeness (QED) is 0.655. The van der Waals surface area contributed by atoms with Crippen molar-refractivity contribution in [2.45, 2.75) is 30.7 Å². The van der Waals surface area contributed by atoms with Crippen molar-refractivity contribution in [2.24, 2.45) is 0 Å². The molecular weight excluding hydrogens is 358 g/mol. The number of aromatic nitrogens is 2. The van der Waals surface area contributed by atoms with Crippen LogP contribution in [0.25, 0.3) is 16.6 Å². The summed E-state index contributed by atoms with van der Waals surface area (Å²) in [6.45, 7) is 4.76. The van der Waals surface area contributed by atoms with Gasteiger partial charge in [0.1, 0.15) is 0 Å². The molecule has 1 saturated heterocycles. The second-order valence-corrected chi connectivity index (χ2v) is 8.17. The molecule has 1 aliphatic heterocycles. The summed E-state index contributed by atoms with van der Waals surface area (Å²) in [5.41, 5.74) is 3.51. The summed E-state index contributed by atoms with van der Waals surface area (Å²) >= 11 is 1.39. The minimum Gasteiger partial charge on any atom is -0.345 e. The molecule has 6 heteroatoms. The average molecular weight is 379 g/mol. The Morgan fingerprint density at radius 3 is 2.59 bits per heavy atom. The monoisotopic (exact) mass is 379 g/mol. The van der Waals surface area contributed by atoms with E-state index in [2.05, 4.69) is 6.07 Å². The van der Waals surface area contributed by atoms with Crippen LogP contribution in [0.1, 0.15) is 17.5 Å². The van der Waals surface area contributed by atoms with Gasteiger partial charge in [0.15, 0.2) is 5.16 Å². The number of nitrogens with zero attached hydrogens (tertiary/aromatic N) is 3. The number of para-hydroxylation sites is 1. The molecule has 5 nitrogen and oxygen atoms in total. The van der Waals surface area contributed by atoms with Gasteiger partial charge in [0, 0.05) is 13.6 Å². The molecule has 138 valence electrons. The number of carbonyl (C=O) groups is 1. The lowest BCUT2D eigenvalue weighted by atomic mass is 10.1. The van der Waals surface area contributed by atoms with E-state index < -0.39 is 0 Å². The summed E-state index contributed by atoms with van der Waals surface area (Å²) in [6.07, 6.45) is 0.760. The Bertz CT molecular complexity index is 1110. The molecule has 1 aliphatic rings. The summed E-state index contributed by atoms with van der Waals surface area (Å²) in [5.74, 6) is 0.0922. The van der Waals surface area contributed by atoms with Crippen LogP contribution in [-0.4, -0.2) is 39.2 Å². The number of amides is 1. The van der Waals surface area contributed by atoms with E-state index in [4.69, 9.17) is 4.98 Å². The molecule has 0 saturated carbocycles. The van der Waals surface area contributed by atoms with E-state index >= 15 is 0 Å². The molecule has 0 N–H and O–H groups in total. The Kier molecular flexibility index (Phi) is 4.52. The number of fused-ring (bicyclic) bond motifs is 1. The van der Waals surface area contributed by atoms with Crippen LogP contribution in [0.5, 0.6) is 0 Å². The summed E-state index contributed by atoms with van der Waals surface area (Å²) in [4.78, 5) is 32.2. The molecule has 0 bridgehead atoms. The zero-order chi connectivity index (χ0) is 19.1. The molecule has 27 heavy (non-hydrogen) atoms. The first-order valence-electron chi connectivity index (χ1n) is 8.97. The van der Waals surface area contributed by atoms with E-state index in [-0.39, 0.29) is 16.7 Å². The predicted octanol–water partition coefficient (Wildman–Crippen LogP) is 3.33. The number of likely N-dealkylation sites (tertiary alicyclic amines) is 1. The molecule has 1 fully saturated rings. The van der Waals surface area contributed by atoms with Crippen LogP contribution in [-0.2, 0) is 4.79 Å². The Morgan fingerprint density at radius 1 is 1.11 bits per heavy atom. The fraction of sp³-hybridized carbons (Fsp3) is 0.286. The third-order valence-electron chi connectivity index (χ3n) is 4.96. The van der Waals surface area contributed by atoms with Crippen molar-refractivity contribution in [1.29, 1.82) is 0 Å². The van der Waals surface area contributed by atoms with Gasteiger partial charge >= 0.3 is 0 Å². The van der Waals surface area contributed by atoms with Crippen molar-refractivity contribution < 1.29 is 4.79 Å². The average Bonchev–Trinajstić information content (AvgIpc) is 2.95. The largest absolute Gasteiger partial charge is 0.345 e. The lowest BCUT2D eigenvalue weighted by molar-refractivity contribution is -0.126. The first kappa shape index (κ1) is 17.8. The molecular formula is C21H21N3O2S. The fourth-order valence-electron chi connectivity index (χ4n) is 3.49. The maximum absolute atomic E-state index is 13.3. The normalized spacial score (nSPS) is 17.1. The molecule has 1 unspecified atom stereocenters. The lowest BCUT2D eigenvalue weighted by Gasteiger charge is -2.17. The molecule has 4 rings (SSSR count). The van der Waals surface area contributed by atoms with Gasteiger partial charge in [0.25, 0.3) is 5.56 Å². The van der Waals surface area contributed by atoms with Gasteiger partial charge in [0.05, 0.1) is 21.8 Å². The van der Waals surface area contributed by atoms with Crippen molar-refractivity contribution >= 4 is 28.6 Å². The van der Waals surface area contributed by atoms with Crippen molar-refractivity contribution in [3.8, 4) is 5.69 Å². The van der Waals surface area contributed by atoms with Gasteiger partial charge in [-0.05, 0) is 44.0 Å². The van der Waals surface area contributed by atoms with Crippen LogP contribution in [0, 0.1) is 13.8 Å². The zero-order valence-electron chi connectivity index (χ0n) is 15.6. The van der Waals surface area contributed by atoms with Crippen LogP contribution in [0.2, 0.25) is 0 Å². The van der Waals surface area contributed by atoms with E-state index in [1.165, 1.54) is 11.8 Å². The van der Waals surface area contributed by atoms with Crippen LogP contribution >= 0.6 is 11.8 Å². The molecule has 1 amide bonds. The first-order chi connectivity index (χ1) is 13.0. The molecule has 0 aliphatic carbocycles. The van der Waals surface area contributed by atoms with Crippen molar-refractivity contribution in [2.75, 3.05) is 13.6 Å². The molecule has 3 aromatic rings. The fourth-order valence-corrected chi connectivity index (χ4v) is 4.68. The Balaban J connectivity index is 1.93. The van der Waals surface area contributed by atoms with Gasteiger partial charge in [-0.3, -0.25) is 14.2 Å². The molecule has 1 aromatic heterocycles. The lowest BCUT2D eigenvalue weighted by Crippen LogP contribution is -2.26. The molecule has 2 aromatic carbocycles. The van der Waals surface area contributed by atoms with Gasteiger partial charge in [-0.2, -0.15) is 0 Å². The molecule has 1 atom stereocenters. The Labute approximate surface area is 162 Å². The molecule has 0 spiro atoms. The van der Waals surface area contributed by atoms with Crippen LogP contribution < -0.4 is 5.56 Å². The van der Waals surface area contributed by atoms with Gasteiger partial charge < -0.3 is 4.90 Å². The Hall–Kier alpha value is -2.60. The van der Waals surface area contributed by atoms with Crippen LogP contribution in [0.3, 0.4) is 0 Å². The number of hydrogen-bond acceptors (Lipinski definition) is 4. The smallest absolute Gasteiger partial charge is 0.266 e. The number of thioether (sulfide) groups is 1. The van der Waals surface area contributed by atoms with Gasteiger partial charge in [-0.15, -0.1) is 0 Å². The van der Waals surface area contributed by atoms with Gasteiger partial charge in [-0.1, -0.05) is 41.6 Å². The van der Waals surface area contributed by atoms with Gasteiger partial charge in [0.2, 0.25) is 5.91 Å². The Morgan fingerprint density at radius 2 is 1.89 bits per heavy atom.